The highest BCUT2D eigenvalue weighted by Gasteiger charge is 2.48. The van der Waals surface area contributed by atoms with E-state index in [4.69, 9.17) is 9.73 Å². The Morgan fingerprint density at radius 2 is 1.96 bits per heavy atom. The number of hydrogen-bond acceptors (Lipinski definition) is 4. The minimum atomic E-state index is -0.803. The van der Waals surface area contributed by atoms with Crippen LogP contribution >= 0.6 is 11.8 Å². The second kappa shape index (κ2) is 7.44. The molecule has 4 rings (SSSR count). The molecule has 2 aromatic carbocycles. The third-order valence-electron chi connectivity index (χ3n) is 5.20. The number of rotatable bonds is 2. The normalized spacial score (nSPS) is 27.4. The number of ether oxygens (including phenoxy) is 1. The second-order valence-electron chi connectivity index (χ2n) is 7.01. The molecular formula is C21H21FN2O2S. The van der Waals surface area contributed by atoms with E-state index in [1.54, 1.807) is 24.3 Å². The van der Waals surface area contributed by atoms with Gasteiger partial charge in [-0.15, -0.1) is 0 Å². The summed E-state index contributed by atoms with van der Waals surface area (Å²) < 4.78 is 20.6. The van der Waals surface area contributed by atoms with E-state index in [1.165, 1.54) is 17.8 Å². The number of amides is 1. The molecule has 0 saturated carbocycles. The van der Waals surface area contributed by atoms with Crippen molar-refractivity contribution in [2.45, 2.75) is 25.0 Å². The molecule has 1 N–H and O–H groups in total. The molecule has 6 heteroatoms. The third kappa shape index (κ3) is 3.51. The lowest BCUT2D eigenvalue weighted by molar-refractivity contribution is -0.0477. The minimum Gasteiger partial charge on any atom is -0.376 e. The standard InChI is InChI=1S/C21H21FN2O2S/c1-14-11-16-12-27-20(23-19(25)15-7-3-2-4-8-15)24-21(16,13-26-14)17-9-5-6-10-18(17)22/h2-10,14,16H,11-13H2,1H3,(H,23,24,25)/t14-,16?,21?/m0/s1. The minimum absolute atomic E-state index is 0.117. The van der Waals surface area contributed by atoms with Crippen molar-refractivity contribution in [3.63, 3.8) is 0 Å². The Balaban J connectivity index is 1.69. The summed E-state index contributed by atoms with van der Waals surface area (Å²) in [7, 11) is 0. The van der Waals surface area contributed by atoms with Crippen LogP contribution in [0.2, 0.25) is 0 Å². The number of fused-ring (bicyclic) bond motifs is 1. The highest BCUT2D eigenvalue weighted by Crippen LogP contribution is 2.46. The zero-order chi connectivity index (χ0) is 18.9. The van der Waals surface area contributed by atoms with Crippen LogP contribution < -0.4 is 5.32 Å². The summed E-state index contributed by atoms with van der Waals surface area (Å²) >= 11 is 1.51. The van der Waals surface area contributed by atoms with Gasteiger partial charge in [0.2, 0.25) is 0 Å². The molecule has 3 atom stereocenters. The number of hydrogen-bond donors (Lipinski definition) is 1. The molecule has 1 amide bonds. The average molecular weight is 384 g/mol. The quantitative estimate of drug-likeness (QED) is 0.852. The number of carbonyl (C=O) groups excluding carboxylic acids is 1. The molecule has 0 spiro atoms. The van der Waals surface area contributed by atoms with Crippen LogP contribution in [0.4, 0.5) is 4.39 Å². The summed E-state index contributed by atoms with van der Waals surface area (Å²) in [6.07, 6.45) is 0.927. The molecule has 140 valence electrons. The van der Waals surface area contributed by atoms with Gasteiger partial charge in [-0.05, 0) is 31.5 Å². The smallest absolute Gasteiger partial charge is 0.257 e. The van der Waals surface area contributed by atoms with Gasteiger partial charge >= 0.3 is 0 Å². The maximum atomic E-state index is 14.7. The number of aliphatic imine (C=N–C) groups is 1. The number of halogens is 1. The van der Waals surface area contributed by atoms with Crippen molar-refractivity contribution in [1.82, 2.24) is 5.32 Å². The van der Waals surface area contributed by atoms with E-state index in [0.29, 0.717) is 22.9 Å². The fourth-order valence-corrected chi connectivity index (χ4v) is 4.93. The van der Waals surface area contributed by atoms with Gasteiger partial charge in [-0.2, -0.15) is 0 Å². The van der Waals surface area contributed by atoms with Gasteiger partial charge in [0.05, 0.1) is 12.7 Å². The van der Waals surface area contributed by atoms with E-state index in [9.17, 15) is 9.18 Å². The topological polar surface area (TPSA) is 50.7 Å². The number of amidine groups is 1. The van der Waals surface area contributed by atoms with Crippen molar-refractivity contribution in [3.8, 4) is 0 Å². The summed E-state index contributed by atoms with van der Waals surface area (Å²) in [5.74, 6) is 0.412. The highest BCUT2D eigenvalue weighted by molar-refractivity contribution is 8.13. The van der Waals surface area contributed by atoms with E-state index in [0.717, 1.165) is 12.2 Å². The Bertz CT molecular complexity index is 873. The van der Waals surface area contributed by atoms with Crippen LogP contribution in [0, 0.1) is 11.7 Å². The zero-order valence-corrected chi connectivity index (χ0v) is 15.8. The Kier molecular flexibility index (Phi) is 5.02. The van der Waals surface area contributed by atoms with E-state index in [1.807, 2.05) is 31.2 Å². The van der Waals surface area contributed by atoms with Gasteiger partial charge in [0, 0.05) is 22.8 Å². The molecule has 1 fully saturated rings. The molecule has 0 aromatic heterocycles. The van der Waals surface area contributed by atoms with Crippen molar-refractivity contribution in [1.29, 1.82) is 0 Å². The van der Waals surface area contributed by atoms with Crippen molar-refractivity contribution in [2.24, 2.45) is 10.9 Å². The second-order valence-corrected chi connectivity index (χ2v) is 8.02. The summed E-state index contributed by atoms with van der Waals surface area (Å²) in [6, 6.07) is 15.7. The third-order valence-corrected chi connectivity index (χ3v) is 6.23. The molecule has 27 heavy (non-hydrogen) atoms. The summed E-state index contributed by atoms with van der Waals surface area (Å²) in [5, 5.41) is 3.40. The van der Waals surface area contributed by atoms with Crippen LogP contribution in [0.5, 0.6) is 0 Å². The van der Waals surface area contributed by atoms with Crippen molar-refractivity contribution < 1.29 is 13.9 Å². The van der Waals surface area contributed by atoms with Gasteiger partial charge in [-0.25, -0.2) is 9.38 Å². The number of thioether (sulfide) groups is 1. The van der Waals surface area contributed by atoms with Gasteiger partial charge in [0.1, 0.15) is 11.4 Å². The lowest BCUT2D eigenvalue weighted by Gasteiger charge is -2.46. The lowest BCUT2D eigenvalue weighted by atomic mass is 9.75. The summed E-state index contributed by atoms with van der Waals surface area (Å²) in [6.45, 7) is 2.34. The zero-order valence-electron chi connectivity index (χ0n) is 15.0. The Hall–Kier alpha value is -2.18. The molecule has 4 nitrogen and oxygen atoms in total. The largest absolute Gasteiger partial charge is 0.376 e. The number of nitrogens with one attached hydrogen (secondary N) is 1. The maximum Gasteiger partial charge on any atom is 0.257 e. The first-order chi connectivity index (χ1) is 13.1. The van der Waals surface area contributed by atoms with Gasteiger partial charge < -0.3 is 10.1 Å². The summed E-state index contributed by atoms with van der Waals surface area (Å²) in [5.41, 5.74) is 0.299. The van der Waals surface area contributed by atoms with Crippen LogP contribution in [-0.2, 0) is 10.3 Å². The number of benzene rings is 2. The first-order valence-electron chi connectivity index (χ1n) is 9.04. The molecule has 1 saturated heterocycles. The van der Waals surface area contributed by atoms with Crippen molar-refractivity contribution in [2.75, 3.05) is 12.4 Å². The Labute approximate surface area is 162 Å². The first kappa shape index (κ1) is 18.2. The fraction of sp³-hybridized carbons (Fsp3) is 0.333. The predicted octanol–water partition coefficient (Wildman–Crippen LogP) is 3.98. The van der Waals surface area contributed by atoms with Crippen LogP contribution in [0.3, 0.4) is 0 Å². The predicted molar refractivity (Wildman–Crippen MR) is 105 cm³/mol. The molecule has 2 aromatic rings. The molecule has 2 aliphatic heterocycles. The van der Waals surface area contributed by atoms with Gasteiger partial charge in [-0.3, -0.25) is 4.79 Å². The molecule has 2 aliphatic rings. The number of nitrogens with zero attached hydrogens (tertiary/aromatic N) is 1. The maximum absolute atomic E-state index is 14.7. The molecule has 0 radical (unpaired) electrons. The van der Waals surface area contributed by atoms with Crippen LogP contribution in [0.1, 0.15) is 29.3 Å². The van der Waals surface area contributed by atoms with Gasteiger partial charge in [-0.1, -0.05) is 48.2 Å². The van der Waals surface area contributed by atoms with Crippen molar-refractivity contribution >= 4 is 22.8 Å². The Morgan fingerprint density at radius 3 is 2.74 bits per heavy atom. The van der Waals surface area contributed by atoms with E-state index >= 15 is 0 Å². The highest BCUT2D eigenvalue weighted by atomic mass is 32.2. The van der Waals surface area contributed by atoms with E-state index in [-0.39, 0.29) is 23.7 Å². The number of carbonyl (C=O) groups is 1. The molecule has 2 unspecified atom stereocenters. The SMILES string of the molecule is C[C@H]1CC2CSC(NC(=O)c3ccccc3)=NC2(c2ccccc2F)CO1. The van der Waals surface area contributed by atoms with Crippen LogP contribution in [-0.4, -0.2) is 29.5 Å². The van der Waals surface area contributed by atoms with Gasteiger partial charge in [0.15, 0.2) is 5.17 Å². The van der Waals surface area contributed by atoms with Gasteiger partial charge in [0.25, 0.3) is 5.91 Å². The average Bonchev–Trinajstić information content (AvgIpc) is 2.69. The van der Waals surface area contributed by atoms with Crippen molar-refractivity contribution in [3.05, 3.63) is 71.5 Å². The summed E-state index contributed by atoms with van der Waals surface area (Å²) in [4.78, 5) is 17.4. The monoisotopic (exact) mass is 384 g/mol. The van der Waals surface area contributed by atoms with E-state index < -0.39 is 5.54 Å². The van der Waals surface area contributed by atoms with Crippen LogP contribution in [0.15, 0.2) is 59.6 Å². The Morgan fingerprint density at radius 1 is 1.22 bits per heavy atom. The fourth-order valence-electron chi connectivity index (χ4n) is 3.77. The molecule has 0 aliphatic carbocycles. The molecular weight excluding hydrogens is 363 g/mol. The van der Waals surface area contributed by atoms with E-state index in [2.05, 4.69) is 5.32 Å². The molecule has 2 heterocycles. The van der Waals surface area contributed by atoms with Crippen LogP contribution in [0.25, 0.3) is 0 Å². The lowest BCUT2D eigenvalue weighted by Crippen LogP contribution is -2.50. The first-order valence-corrected chi connectivity index (χ1v) is 10.0. The molecule has 0 bridgehead atoms.